The van der Waals surface area contributed by atoms with Crippen molar-refractivity contribution in [3.8, 4) is 0 Å². The summed E-state index contributed by atoms with van der Waals surface area (Å²) in [6.45, 7) is 3.19. The molecule has 2 nitrogen and oxygen atoms in total. The number of rotatable bonds is 2. The van der Waals surface area contributed by atoms with Crippen LogP contribution in [0.3, 0.4) is 0 Å². The summed E-state index contributed by atoms with van der Waals surface area (Å²) in [5.41, 5.74) is 1.43. The molecule has 1 N–H and O–H groups in total. The minimum atomic E-state index is -0.510. The molecule has 0 saturated heterocycles. The van der Waals surface area contributed by atoms with Crippen molar-refractivity contribution in [3.63, 3.8) is 0 Å². The van der Waals surface area contributed by atoms with E-state index in [0.29, 0.717) is 5.56 Å². The summed E-state index contributed by atoms with van der Waals surface area (Å²) in [6, 6.07) is 7.04. The Morgan fingerprint density at radius 1 is 1.50 bits per heavy atom. The lowest BCUT2D eigenvalue weighted by molar-refractivity contribution is 0.101. The second-order valence-corrected chi connectivity index (χ2v) is 2.86. The van der Waals surface area contributed by atoms with Crippen molar-refractivity contribution in [1.29, 1.82) is 0 Å². The first-order valence-corrected chi connectivity index (χ1v) is 3.90. The summed E-state index contributed by atoms with van der Waals surface area (Å²) in [5.74, 6) is 0.0255. The van der Waals surface area contributed by atoms with Gasteiger partial charge in [0.25, 0.3) is 0 Å². The van der Waals surface area contributed by atoms with Gasteiger partial charge >= 0.3 is 0 Å². The van der Waals surface area contributed by atoms with Gasteiger partial charge in [-0.2, -0.15) is 0 Å². The highest BCUT2D eigenvalue weighted by molar-refractivity contribution is 5.94. The summed E-state index contributed by atoms with van der Waals surface area (Å²) in [4.78, 5) is 10.9. The van der Waals surface area contributed by atoms with Crippen LogP contribution in [0.25, 0.3) is 0 Å². The Morgan fingerprint density at radius 2 is 2.17 bits per heavy atom. The van der Waals surface area contributed by atoms with Gasteiger partial charge in [-0.3, -0.25) is 4.79 Å². The predicted molar refractivity (Wildman–Crippen MR) is 47.1 cm³/mol. The molecule has 0 bridgehead atoms. The number of hydrogen-bond acceptors (Lipinski definition) is 2. The number of aliphatic hydroxyl groups is 1. The molecule has 0 aliphatic carbocycles. The first kappa shape index (κ1) is 8.94. The van der Waals surface area contributed by atoms with Crippen LogP contribution >= 0.6 is 0 Å². The second kappa shape index (κ2) is 3.50. The number of benzene rings is 1. The van der Waals surface area contributed by atoms with Crippen molar-refractivity contribution in [2.24, 2.45) is 0 Å². The molecule has 0 fully saturated rings. The van der Waals surface area contributed by atoms with Crippen LogP contribution in [0.2, 0.25) is 0 Å². The van der Waals surface area contributed by atoms with Crippen molar-refractivity contribution in [2.75, 3.05) is 0 Å². The van der Waals surface area contributed by atoms with Crippen LogP contribution in [0.1, 0.15) is 35.9 Å². The summed E-state index contributed by atoms with van der Waals surface area (Å²) in [5, 5.41) is 9.22. The lowest BCUT2D eigenvalue weighted by Gasteiger charge is -2.04. The zero-order valence-electron chi connectivity index (χ0n) is 7.24. The Labute approximate surface area is 71.8 Å². The largest absolute Gasteiger partial charge is 0.389 e. The molecule has 1 atom stereocenters. The average molecular weight is 164 g/mol. The predicted octanol–water partition coefficient (Wildman–Crippen LogP) is 1.94. The zero-order chi connectivity index (χ0) is 9.14. The van der Waals surface area contributed by atoms with Gasteiger partial charge < -0.3 is 5.11 Å². The smallest absolute Gasteiger partial charge is 0.159 e. The van der Waals surface area contributed by atoms with Crippen molar-refractivity contribution in [2.45, 2.75) is 20.0 Å². The molecule has 0 unspecified atom stereocenters. The standard InChI is InChI=1S/C10H12O2/c1-7(11)9-4-3-5-10(6-9)8(2)12/h3-7,11H,1-2H3/t7-/m1/s1. The third-order valence-corrected chi connectivity index (χ3v) is 1.78. The van der Waals surface area contributed by atoms with Crippen molar-refractivity contribution < 1.29 is 9.90 Å². The number of carbonyl (C=O) groups is 1. The Hall–Kier alpha value is -1.15. The molecule has 0 heterocycles. The van der Waals surface area contributed by atoms with E-state index in [1.807, 2.05) is 0 Å². The first-order valence-electron chi connectivity index (χ1n) is 3.90. The quantitative estimate of drug-likeness (QED) is 0.678. The minimum Gasteiger partial charge on any atom is -0.389 e. The van der Waals surface area contributed by atoms with E-state index in [0.717, 1.165) is 5.56 Å². The third kappa shape index (κ3) is 1.92. The Balaban J connectivity index is 3.04. The number of aliphatic hydroxyl groups excluding tert-OH is 1. The second-order valence-electron chi connectivity index (χ2n) is 2.86. The molecule has 0 saturated carbocycles. The van der Waals surface area contributed by atoms with Crippen LogP contribution in [-0.2, 0) is 0 Å². The van der Waals surface area contributed by atoms with Crippen LogP contribution < -0.4 is 0 Å². The molecular weight excluding hydrogens is 152 g/mol. The van der Waals surface area contributed by atoms with E-state index in [1.54, 1.807) is 31.2 Å². The van der Waals surface area contributed by atoms with E-state index < -0.39 is 6.10 Å². The summed E-state index contributed by atoms with van der Waals surface area (Å²) < 4.78 is 0. The highest BCUT2D eigenvalue weighted by atomic mass is 16.3. The van der Waals surface area contributed by atoms with E-state index in [2.05, 4.69) is 0 Å². The van der Waals surface area contributed by atoms with Gasteiger partial charge in [0.2, 0.25) is 0 Å². The third-order valence-electron chi connectivity index (χ3n) is 1.78. The van der Waals surface area contributed by atoms with E-state index in [1.165, 1.54) is 6.92 Å². The maximum absolute atomic E-state index is 10.9. The molecule has 0 amide bonds. The molecule has 1 rings (SSSR count). The molecular formula is C10H12O2. The van der Waals surface area contributed by atoms with Gasteiger partial charge in [0.1, 0.15) is 0 Å². The highest BCUT2D eigenvalue weighted by Gasteiger charge is 2.03. The summed E-state index contributed by atoms with van der Waals surface area (Å²) in [7, 11) is 0. The topological polar surface area (TPSA) is 37.3 Å². The number of ketones is 1. The van der Waals surface area contributed by atoms with E-state index in [9.17, 15) is 9.90 Å². The van der Waals surface area contributed by atoms with Gasteiger partial charge in [-0.15, -0.1) is 0 Å². The molecule has 0 spiro atoms. The van der Waals surface area contributed by atoms with Crippen molar-refractivity contribution in [3.05, 3.63) is 35.4 Å². The molecule has 0 aliphatic heterocycles. The fourth-order valence-electron chi connectivity index (χ4n) is 1.02. The number of hydrogen-bond donors (Lipinski definition) is 1. The molecule has 0 aliphatic rings. The van der Waals surface area contributed by atoms with Crippen LogP contribution in [0.5, 0.6) is 0 Å². The Kier molecular flexibility index (Phi) is 2.61. The molecule has 1 aromatic carbocycles. The van der Waals surface area contributed by atoms with Crippen LogP contribution in [0.15, 0.2) is 24.3 Å². The molecule has 1 aromatic rings. The van der Waals surface area contributed by atoms with E-state index in [4.69, 9.17) is 0 Å². The Bertz CT molecular complexity index is 290. The Morgan fingerprint density at radius 3 is 2.67 bits per heavy atom. The van der Waals surface area contributed by atoms with E-state index in [-0.39, 0.29) is 5.78 Å². The molecule has 12 heavy (non-hydrogen) atoms. The normalized spacial score (nSPS) is 12.6. The average Bonchev–Trinajstić information content (AvgIpc) is 2.04. The van der Waals surface area contributed by atoms with Crippen LogP contribution in [-0.4, -0.2) is 10.9 Å². The van der Waals surface area contributed by atoms with E-state index >= 15 is 0 Å². The minimum absolute atomic E-state index is 0.0255. The highest BCUT2D eigenvalue weighted by Crippen LogP contribution is 2.13. The van der Waals surface area contributed by atoms with Gasteiger partial charge in [0, 0.05) is 5.56 Å². The first-order chi connectivity index (χ1) is 5.61. The van der Waals surface area contributed by atoms with Gasteiger partial charge in [0.05, 0.1) is 6.10 Å². The van der Waals surface area contributed by atoms with Crippen LogP contribution in [0.4, 0.5) is 0 Å². The zero-order valence-corrected chi connectivity index (χ0v) is 7.24. The van der Waals surface area contributed by atoms with Crippen molar-refractivity contribution >= 4 is 5.78 Å². The lowest BCUT2D eigenvalue weighted by atomic mass is 10.1. The summed E-state index contributed by atoms with van der Waals surface area (Å²) in [6.07, 6.45) is -0.510. The fourth-order valence-corrected chi connectivity index (χ4v) is 1.02. The number of carbonyl (C=O) groups excluding carboxylic acids is 1. The van der Waals surface area contributed by atoms with Crippen LogP contribution in [0, 0.1) is 0 Å². The molecule has 0 radical (unpaired) electrons. The van der Waals surface area contributed by atoms with Crippen molar-refractivity contribution in [1.82, 2.24) is 0 Å². The molecule has 2 heteroatoms. The van der Waals surface area contributed by atoms with Gasteiger partial charge in [-0.1, -0.05) is 18.2 Å². The molecule has 0 aromatic heterocycles. The maximum atomic E-state index is 10.9. The molecule has 64 valence electrons. The lowest BCUT2D eigenvalue weighted by Crippen LogP contribution is -1.96. The maximum Gasteiger partial charge on any atom is 0.159 e. The monoisotopic (exact) mass is 164 g/mol. The van der Waals surface area contributed by atoms with Gasteiger partial charge in [-0.05, 0) is 25.5 Å². The fraction of sp³-hybridized carbons (Fsp3) is 0.300. The van der Waals surface area contributed by atoms with Gasteiger partial charge in [-0.25, -0.2) is 0 Å². The SMILES string of the molecule is CC(=O)c1cccc([C@@H](C)O)c1. The summed E-state index contributed by atoms with van der Waals surface area (Å²) >= 11 is 0. The van der Waals surface area contributed by atoms with Gasteiger partial charge in [0.15, 0.2) is 5.78 Å². The number of Topliss-reactive ketones (excluding diaryl/α,β-unsaturated/α-hetero) is 1.